The van der Waals surface area contributed by atoms with E-state index in [1.165, 1.54) is 6.20 Å². The first-order chi connectivity index (χ1) is 6.70. The molecule has 2 aromatic heterocycles. The summed E-state index contributed by atoms with van der Waals surface area (Å²) in [7, 11) is 0. The molecule has 3 nitrogen and oxygen atoms in total. The van der Waals surface area contributed by atoms with Crippen LogP contribution in [0.3, 0.4) is 0 Å². The van der Waals surface area contributed by atoms with E-state index in [1.807, 2.05) is 6.92 Å². The van der Waals surface area contributed by atoms with Crippen LogP contribution in [0.5, 0.6) is 0 Å². The maximum atomic E-state index is 12.8. The number of pyridine rings is 1. The Hall–Kier alpha value is -1.29. The average Bonchev–Trinajstić information content (AvgIpc) is 2.17. The van der Waals surface area contributed by atoms with Gasteiger partial charge in [0.2, 0.25) is 0 Å². The molecule has 0 saturated carbocycles. The molecule has 0 spiro atoms. The molecule has 0 radical (unpaired) electrons. The molecule has 0 aliphatic heterocycles. The van der Waals surface area contributed by atoms with Crippen LogP contribution in [0.2, 0.25) is 5.15 Å². The Labute approximate surface area is 85.0 Å². The van der Waals surface area contributed by atoms with Crippen molar-refractivity contribution in [2.24, 2.45) is 0 Å². The Morgan fingerprint density at radius 2 is 2.21 bits per heavy atom. The minimum Gasteiger partial charge on any atom is -0.233 e. The molecule has 72 valence electrons. The molecule has 0 aliphatic carbocycles. The Bertz CT molecular complexity index is 487. The Kier molecular flexibility index (Phi) is 2.29. The zero-order valence-electron chi connectivity index (χ0n) is 7.46. The number of nitrogens with zero attached hydrogens (tertiary/aromatic N) is 3. The van der Waals surface area contributed by atoms with Crippen molar-refractivity contribution in [1.29, 1.82) is 0 Å². The summed E-state index contributed by atoms with van der Waals surface area (Å²) < 4.78 is 12.8. The zero-order valence-corrected chi connectivity index (χ0v) is 8.22. The summed E-state index contributed by atoms with van der Waals surface area (Å²) in [5, 5.41) is 0.379. The van der Waals surface area contributed by atoms with E-state index >= 15 is 0 Å². The second-order valence-electron chi connectivity index (χ2n) is 2.83. The van der Waals surface area contributed by atoms with Gasteiger partial charge >= 0.3 is 6.08 Å². The number of hydrogen-bond acceptors (Lipinski definition) is 3. The third-order valence-corrected chi connectivity index (χ3v) is 2.14. The van der Waals surface area contributed by atoms with Crippen molar-refractivity contribution in [2.75, 3.05) is 0 Å². The highest BCUT2D eigenvalue weighted by Crippen LogP contribution is 2.18. The highest BCUT2D eigenvalue weighted by atomic mass is 35.5. The SMILES string of the molecule is CCc1cc(Cl)nc2cnc(F)nc12. The summed E-state index contributed by atoms with van der Waals surface area (Å²) in [6.45, 7) is 1.95. The molecule has 0 aliphatic rings. The van der Waals surface area contributed by atoms with E-state index in [2.05, 4.69) is 15.0 Å². The molecule has 0 unspecified atom stereocenters. The molecule has 0 aromatic carbocycles. The summed E-state index contributed by atoms with van der Waals surface area (Å²) >= 11 is 5.78. The zero-order chi connectivity index (χ0) is 10.1. The Balaban J connectivity index is 2.81. The van der Waals surface area contributed by atoms with Gasteiger partial charge < -0.3 is 0 Å². The Morgan fingerprint density at radius 3 is 2.93 bits per heavy atom. The predicted molar refractivity (Wildman–Crippen MR) is 51.7 cm³/mol. The fourth-order valence-corrected chi connectivity index (χ4v) is 1.52. The van der Waals surface area contributed by atoms with Gasteiger partial charge in [0.25, 0.3) is 0 Å². The molecule has 14 heavy (non-hydrogen) atoms. The topological polar surface area (TPSA) is 38.7 Å². The molecule has 0 amide bonds. The van der Waals surface area contributed by atoms with Crippen molar-refractivity contribution in [3.8, 4) is 0 Å². The van der Waals surface area contributed by atoms with E-state index in [9.17, 15) is 4.39 Å². The van der Waals surface area contributed by atoms with Crippen molar-refractivity contribution >= 4 is 22.6 Å². The molecule has 2 rings (SSSR count). The maximum absolute atomic E-state index is 12.8. The second-order valence-corrected chi connectivity index (χ2v) is 3.22. The predicted octanol–water partition coefficient (Wildman–Crippen LogP) is 2.38. The van der Waals surface area contributed by atoms with Crippen LogP contribution in [0.4, 0.5) is 4.39 Å². The highest BCUT2D eigenvalue weighted by molar-refractivity contribution is 6.29. The van der Waals surface area contributed by atoms with E-state index in [4.69, 9.17) is 11.6 Å². The molecule has 0 bridgehead atoms. The molecular formula is C9H7ClFN3. The third kappa shape index (κ3) is 1.53. The first kappa shape index (κ1) is 9.27. The minimum absolute atomic E-state index is 0.379. The number of aryl methyl sites for hydroxylation is 1. The minimum atomic E-state index is -0.740. The second kappa shape index (κ2) is 3.46. The van der Waals surface area contributed by atoms with Crippen LogP contribution < -0.4 is 0 Å². The van der Waals surface area contributed by atoms with Crippen LogP contribution in [0.15, 0.2) is 12.3 Å². The summed E-state index contributed by atoms with van der Waals surface area (Å²) in [6, 6.07) is 1.69. The van der Waals surface area contributed by atoms with Gasteiger partial charge in [0.1, 0.15) is 10.7 Å². The van der Waals surface area contributed by atoms with Gasteiger partial charge in [0.15, 0.2) is 0 Å². The van der Waals surface area contributed by atoms with Crippen LogP contribution in [-0.2, 0) is 6.42 Å². The fraction of sp³-hybridized carbons (Fsp3) is 0.222. The van der Waals surface area contributed by atoms with E-state index in [1.54, 1.807) is 6.07 Å². The lowest BCUT2D eigenvalue weighted by molar-refractivity contribution is 0.544. The number of aromatic nitrogens is 3. The molecule has 0 N–H and O–H groups in total. The first-order valence-electron chi connectivity index (χ1n) is 4.18. The van der Waals surface area contributed by atoms with Gasteiger partial charge in [-0.15, -0.1) is 0 Å². The molecular weight excluding hydrogens is 205 g/mol. The van der Waals surface area contributed by atoms with Crippen molar-refractivity contribution in [3.05, 3.63) is 29.1 Å². The van der Waals surface area contributed by atoms with Crippen LogP contribution >= 0.6 is 11.6 Å². The fourth-order valence-electron chi connectivity index (χ4n) is 1.30. The van der Waals surface area contributed by atoms with Gasteiger partial charge in [-0.2, -0.15) is 4.39 Å². The number of hydrogen-bond donors (Lipinski definition) is 0. The largest absolute Gasteiger partial charge is 0.309 e. The van der Waals surface area contributed by atoms with Gasteiger partial charge in [-0.05, 0) is 18.1 Å². The number of fused-ring (bicyclic) bond motifs is 1. The maximum Gasteiger partial charge on any atom is 0.309 e. The molecule has 0 fully saturated rings. The quantitative estimate of drug-likeness (QED) is 0.537. The van der Waals surface area contributed by atoms with Crippen LogP contribution in [0.25, 0.3) is 11.0 Å². The van der Waals surface area contributed by atoms with Gasteiger partial charge in [0, 0.05) is 0 Å². The van der Waals surface area contributed by atoms with E-state index in [0.29, 0.717) is 16.2 Å². The molecule has 0 saturated heterocycles. The molecule has 2 heterocycles. The van der Waals surface area contributed by atoms with Crippen LogP contribution in [-0.4, -0.2) is 15.0 Å². The third-order valence-electron chi connectivity index (χ3n) is 1.95. The first-order valence-corrected chi connectivity index (χ1v) is 4.56. The summed E-state index contributed by atoms with van der Waals surface area (Å²) in [6.07, 6.45) is 1.33. The van der Waals surface area contributed by atoms with E-state index in [0.717, 1.165) is 12.0 Å². The van der Waals surface area contributed by atoms with Crippen molar-refractivity contribution < 1.29 is 4.39 Å². The summed E-state index contributed by atoms with van der Waals surface area (Å²) in [5.41, 5.74) is 1.93. The monoisotopic (exact) mass is 211 g/mol. The van der Waals surface area contributed by atoms with Crippen molar-refractivity contribution in [1.82, 2.24) is 15.0 Å². The van der Waals surface area contributed by atoms with E-state index in [-0.39, 0.29) is 0 Å². The van der Waals surface area contributed by atoms with Gasteiger partial charge in [0.05, 0.1) is 11.7 Å². The summed E-state index contributed by atoms with van der Waals surface area (Å²) in [5.74, 6) is 0. The lowest BCUT2D eigenvalue weighted by Crippen LogP contribution is -1.95. The lowest BCUT2D eigenvalue weighted by Gasteiger charge is -2.02. The highest BCUT2D eigenvalue weighted by Gasteiger charge is 2.06. The van der Waals surface area contributed by atoms with Crippen LogP contribution in [0, 0.1) is 6.08 Å². The molecule has 0 atom stereocenters. The van der Waals surface area contributed by atoms with Gasteiger partial charge in [-0.25, -0.2) is 15.0 Å². The normalized spacial score (nSPS) is 10.8. The average molecular weight is 212 g/mol. The number of halogens is 2. The van der Waals surface area contributed by atoms with Gasteiger partial charge in [-0.1, -0.05) is 18.5 Å². The van der Waals surface area contributed by atoms with Crippen molar-refractivity contribution in [2.45, 2.75) is 13.3 Å². The summed E-state index contributed by atoms with van der Waals surface area (Å²) in [4.78, 5) is 11.1. The van der Waals surface area contributed by atoms with Crippen molar-refractivity contribution in [3.63, 3.8) is 0 Å². The molecule has 5 heteroatoms. The Morgan fingerprint density at radius 1 is 1.43 bits per heavy atom. The van der Waals surface area contributed by atoms with Crippen LogP contribution in [0.1, 0.15) is 12.5 Å². The smallest absolute Gasteiger partial charge is 0.233 e. The van der Waals surface area contributed by atoms with Gasteiger partial charge in [-0.3, -0.25) is 0 Å². The van der Waals surface area contributed by atoms with E-state index < -0.39 is 6.08 Å². The molecule has 2 aromatic rings. The number of rotatable bonds is 1. The lowest BCUT2D eigenvalue weighted by atomic mass is 10.2. The standard InChI is InChI=1S/C9H7ClFN3/c1-2-5-3-7(10)13-6-4-12-9(11)14-8(5)6/h3-4H,2H2,1H3.